The van der Waals surface area contributed by atoms with Crippen molar-refractivity contribution in [2.75, 3.05) is 26.4 Å². The maximum absolute atomic E-state index is 6.54. The lowest BCUT2D eigenvalue weighted by Gasteiger charge is -2.41. The van der Waals surface area contributed by atoms with Gasteiger partial charge in [-0.2, -0.15) is 0 Å². The molecule has 20 heavy (non-hydrogen) atoms. The van der Waals surface area contributed by atoms with Crippen LogP contribution in [0.4, 0.5) is 0 Å². The van der Waals surface area contributed by atoms with Crippen LogP contribution in [0.5, 0.6) is 0 Å². The fraction of sp³-hybridized carbons (Fsp3) is 1.00. The molecule has 0 aromatic rings. The molecule has 3 aliphatic rings. The van der Waals surface area contributed by atoms with E-state index in [0.717, 1.165) is 44.2 Å². The number of rotatable bonds is 6. The fourth-order valence-corrected chi connectivity index (χ4v) is 3.78. The molecule has 116 valence electrons. The predicted molar refractivity (Wildman–Crippen MR) is 80.9 cm³/mol. The third kappa shape index (κ3) is 4.19. The molecule has 1 N–H and O–H groups in total. The topological polar surface area (TPSA) is 30.5 Å². The Morgan fingerprint density at radius 3 is 2.65 bits per heavy atom. The molecule has 0 amide bonds. The smallest absolute Gasteiger partial charge is 0.0809 e. The molecule has 0 bridgehead atoms. The van der Waals surface area contributed by atoms with E-state index in [9.17, 15) is 0 Å². The van der Waals surface area contributed by atoms with Gasteiger partial charge < -0.3 is 14.8 Å². The highest BCUT2D eigenvalue weighted by molar-refractivity contribution is 4.92. The lowest BCUT2D eigenvalue weighted by molar-refractivity contribution is -0.102. The van der Waals surface area contributed by atoms with Crippen LogP contribution in [0.1, 0.15) is 58.3 Å². The van der Waals surface area contributed by atoms with Crippen LogP contribution in [0.15, 0.2) is 0 Å². The Kier molecular flexibility index (Phi) is 5.00. The Balaban J connectivity index is 1.52. The Morgan fingerprint density at radius 1 is 1.15 bits per heavy atom. The summed E-state index contributed by atoms with van der Waals surface area (Å²) in [5.74, 6) is 1.54. The zero-order chi connectivity index (χ0) is 13.8. The second-order valence-corrected chi connectivity index (χ2v) is 7.41. The molecule has 2 aliphatic carbocycles. The molecule has 3 rings (SSSR count). The quantitative estimate of drug-likeness (QED) is 0.811. The van der Waals surface area contributed by atoms with Gasteiger partial charge in [0.2, 0.25) is 0 Å². The second kappa shape index (κ2) is 6.76. The molecule has 1 aliphatic heterocycles. The van der Waals surface area contributed by atoms with Gasteiger partial charge >= 0.3 is 0 Å². The third-order valence-electron chi connectivity index (χ3n) is 5.31. The zero-order valence-corrected chi connectivity index (χ0v) is 13.0. The van der Waals surface area contributed by atoms with E-state index in [0.29, 0.717) is 0 Å². The highest BCUT2D eigenvalue weighted by atomic mass is 16.5. The predicted octanol–water partition coefficient (Wildman–Crippen LogP) is 3.13. The Morgan fingerprint density at radius 2 is 1.95 bits per heavy atom. The molecule has 0 radical (unpaired) electrons. The molecule has 0 aromatic carbocycles. The number of hydrogen-bond acceptors (Lipinski definition) is 3. The Hall–Kier alpha value is -0.120. The van der Waals surface area contributed by atoms with Gasteiger partial charge in [0.15, 0.2) is 0 Å². The van der Waals surface area contributed by atoms with Crippen LogP contribution in [0.25, 0.3) is 0 Å². The van der Waals surface area contributed by atoms with Crippen LogP contribution in [0.3, 0.4) is 0 Å². The molecular formula is C17H31NO2. The van der Waals surface area contributed by atoms with Gasteiger partial charge in [-0.05, 0) is 50.4 Å². The molecule has 2 unspecified atom stereocenters. The van der Waals surface area contributed by atoms with Gasteiger partial charge in [0.25, 0.3) is 0 Å². The van der Waals surface area contributed by atoms with Crippen molar-refractivity contribution < 1.29 is 9.47 Å². The second-order valence-electron chi connectivity index (χ2n) is 7.41. The van der Waals surface area contributed by atoms with E-state index >= 15 is 0 Å². The number of nitrogens with one attached hydrogen (secondary N) is 1. The first-order chi connectivity index (χ1) is 9.76. The van der Waals surface area contributed by atoms with Crippen molar-refractivity contribution in [1.29, 1.82) is 0 Å². The van der Waals surface area contributed by atoms with Crippen LogP contribution in [0, 0.1) is 11.8 Å². The number of hydrogen-bond donors (Lipinski definition) is 1. The van der Waals surface area contributed by atoms with Crippen molar-refractivity contribution in [1.82, 2.24) is 5.32 Å². The van der Waals surface area contributed by atoms with Crippen LogP contribution in [0.2, 0.25) is 0 Å². The van der Waals surface area contributed by atoms with Crippen LogP contribution < -0.4 is 5.32 Å². The monoisotopic (exact) mass is 281 g/mol. The summed E-state index contributed by atoms with van der Waals surface area (Å²) in [6, 6.07) is 0.788. The van der Waals surface area contributed by atoms with Crippen LogP contribution in [-0.2, 0) is 9.47 Å². The van der Waals surface area contributed by atoms with Crippen molar-refractivity contribution in [2.45, 2.75) is 69.9 Å². The summed E-state index contributed by atoms with van der Waals surface area (Å²) in [7, 11) is 0. The first-order valence-electron chi connectivity index (χ1n) is 8.71. The van der Waals surface area contributed by atoms with Crippen molar-refractivity contribution in [3.8, 4) is 0 Å². The molecule has 3 heteroatoms. The van der Waals surface area contributed by atoms with Crippen molar-refractivity contribution in [2.24, 2.45) is 11.8 Å². The van der Waals surface area contributed by atoms with Crippen LogP contribution in [-0.4, -0.2) is 38.0 Å². The first kappa shape index (κ1) is 14.8. The van der Waals surface area contributed by atoms with Gasteiger partial charge in [0.05, 0.1) is 12.2 Å². The average Bonchev–Trinajstić information content (AvgIpc) is 3.29. The lowest BCUT2D eigenvalue weighted by Crippen LogP contribution is -2.48. The fourth-order valence-electron chi connectivity index (χ4n) is 3.78. The minimum absolute atomic E-state index is 0.124. The van der Waals surface area contributed by atoms with E-state index in [1.54, 1.807) is 0 Å². The van der Waals surface area contributed by atoms with Crippen molar-refractivity contribution in [3.63, 3.8) is 0 Å². The molecule has 3 fully saturated rings. The van der Waals surface area contributed by atoms with E-state index in [4.69, 9.17) is 9.47 Å². The molecule has 0 spiro atoms. The SMILES string of the molecule is CC1CCCC(CNC2CC2)(OCC2CCOCC2)C1. The summed E-state index contributed by atoms with van der Waals surface area (Å²) < 4.78 is 12.0. The zero-order valence-electron chi connectivity index (χ0n) is 13.0. The van der Waals surface area contributed by atoms with Gasteiger partial charge in [-0.3, -0.25) is 0 Å². The molecule has 1 saturated heterocycles. The van der Waals surface area contributed by atoms with Crippen LogP contribution >= 0.6 is 0 Å². The standard InChI is InChI=1S/C17H31NO2/c1-14-3-2-8-17(11-14,13-18-16-4-5-16)20-12-15-6-9-19-10-7-15/h14-16,18H,2-13H2,1H3. The lowest BCUT2D eigenvalue weighted by atomic mass is 9.78. The highest BCUT2D eigenvalue weighted by Gasteiger charge is 2.37. The summed E-state index contributed by atoms with van der Waals surface area (Å²) in [4.78, 5) is 0. The van der Waals surface area contributed by atoms with Gasteiger partial charge in [-0.15, -0.1) is 0 Å². The molecular weight excluding hydrogens is 250 g/mol. The molecule has 2 saturated carbocycles. The molecule has 0 aromatic heterocycles. The summed E-state index contributed by atoms with van der Waals surface area (Å²) in [6.45, 7) is 6.27. The van der Waals surface area contributed by atoms with E-state index in [2.05, 4.69) is 12.2 Å². The van der Waals surface area contributed by atoms with E-state index in [-0.39, 0.29) is 5.60 Å². The minimum Gasteiger partial charge on any atom is -0.381 e. The van der Waals surface area contributed by atoms with Gasteiger partial charge in [-0.1, -0.05) is 19.8 Å². The largest absolute Gasteiger partial charge is 0.381 e. The average molecular weight is 281 g/mol. The summed E-state index contributed by atoms with van der Waals surface area (Å²) in [6.07, 6.45) is 10.3. The van der Waals surface area contributed by atoms with Gasteiger partial charge in [0, 0.05) is 25.8 Å². The Labute approximate surface area is 123 Å². The summed E-state index contributed by atoms with van der Waals surface area (Å²) in [5.41, 5.74) is 0.124. The third-order valence-corrected chi connectivity index (χ3v) is 5.31. The number of ether oxygens (including phenoxy) is 2. The van der Waals surface area contributed by atoms with E-state index < -0.39 is 0 Å². The highest BCUT2D eigenvalue weighted by Crippen LogP contribution is 2.36. The molecule has 3 nitrogen and oxygen atoms in total. The van der Waals surface area contributed by atoms with E-state index in [1.807, 2.05) is 0 Å². The van der Waals surface area contributed by atoms with Crippen molar-refractivity contribution in [3.05, 3.63) is 0 Å². The molecule has 1 heterocycles. The van der Waals surface area contributed by atoms with Gasteiger partial charge in [0.1, 0.15) is 0 Å². The normalized spacial score (nSPS) is 36.1. The summed E-state index contributed by atoms with van der Waals surface area (Å²) >= 11 is 0. The summed E-state index contributed by atoms with van der Waals surface area (Å²) in [5, 5.41) is 3.73. The minimum atomic E-state index is 0.124. The maximum atomic E-state index is 6.54. The molecule has 2 atom stereocenters. The van der Waals surface area contributed by atoms with E-state index in [1.165, 1.54) is 51.4 Å². The first-order valence-corrected chi connectivity index (χ1v) is 8.71. The van der Waals surface area contributed by atoms with Crippen molar-refractivity contribution >= 4 is 0 Å². The maximum Gasteiger partial charge on any atom is 0.0809 e. The van der Waals surface area contributed by atoms with Gasteiger partial charge in [-0.25, -0.2) is 0 Å². The Bertz CT molecular complexity index is 299.